The van der Waals surface area contributed by atoms with Gasteiger partial charge in [0.05, 0.1) is 13.7 Å². The van der Waals surface area contributed by atoms with E-state index >= 15 is 0 Å². The average Bonchev–Trinajstić information content (AvgIpc) is 3.26. The lowest BCUT2D eigenvalue weighted by molar-refractivity contribution is 0.414. The van der Waals surface area contributed by atoms with E-state index in [2.05, 4.69) is 75.6 Å². The van der Waals surface area contributed by atoms with Crippen LogP contribution in [0.5, 0.6) is 5.75 Å². The molecule has 0 aliphatic carbocycles. The molecule has 0 radical (unpaired) electrons. The second-order valence-electron chi connectivity index (χ2n) is 7.34. The Bertz CT molecular complexity index is 964. The molecule has 0 aliphatic heterocycles. The Kier molecular flexibility index (Phi) is 8.46. The largest absolute Gasteiger partial charge is 0.497 e. The van der Waals surface area contributed by atoms with Crippen molar-refractivity contribution >= 4 is 5.96 Å². The van der Waals surface area contributed by atoms with Crippen molar-refractivity contribution in [3.63, 3.8) is 0 Å². The van der Waals surface area contributed by atoms with Crippen LogP contribution < -0.4 is 15.4 Å². The summed E-state index contributed by atoms with van der Waals surface area (Å²) in [6.45, 7) is 7.17. The number of nitrogens with zero attached hydrogens (tertiary/aromatic N) is 4. The lowest BCUT2D eigenvalue weighted by Gasteiger charge is -2.14. The van der Waals surface area contributed by atoms with E-state index in [0.29, 0.717) is 6.54 Å². The maximum Gasteiger partial charge on any atom is 0.191 e. The smallest absolute Gasteiger partial charge is 0.191 e. The molecule has 2 N–H and O–H groups in total. The van der Waals surface area contributed by atoms with Crippen LogP contribution in [0.1, 0.15) is 29.4 Å². The van der Waals surface area contributed by atoms with E-state index in [0.717, 1.165) is 50.0 Å². The second-order valence-corrected chi connectivity index (χ2v) is 7.34. The minimum atomic E-state index is 0.636. The van der Waals surface area contributed by atoms with Gasteiger partial charge in [-0.3, -0.25) is 0 Å². The molecule has 3 rings (SSSR count). The summed E-state index contributed by atoms with van der Waals surface area (Å²) in [5.74, 6) is 2.68. The van der Waals surface area contributed by atoms with Crippen molar-refractivity contribution < 1.29 is 4.74 Å². The summed E-state index contributed by atoms with van der Waals surface area (Å²) in [5, 5.41) is 15.1. The number of ether oxygens (including phenoxy) is 1. The topological polar surface area (TPSA) is 76.4 Å². The molecule has 0 bridgehead atoms. The molecule has 7 nitrogen and oxygen atoms in total. The molecule has 0 spiro atoms. The predicted octanol–water partition coefficient (Wildman–Crippen LogP) is 3.14. The summed E-state index contributed by atoms with van der Waals surface area (Å²) < 4.78 is 7.30. The Morgan fingerprint density at radius 2 is 1.84 bits per heavy atom. The highest BCUT2D eigenvalue weighted by atomic mass is 16.5. The van der Waals surface area contributed by atoms with E-state index in [4.69, 9.17) is 9.73 Å². The first kappa shape index (κ1) is 22.3. The van der Waals surface area contributed by atoms with Crippen LogP contribution in [0, 0.1) is 6.92 Å². The highest BCUT2D eigenvalue weighted by Gasteiger charge is 2.04. The lowest BCUT2D eigenvalue weighted by atomic mass is 10.1. The maximum atomic E-state index is 5.23. The van der Waals surface area contributed by atoms with Crippen molar-refractivity contribution in [3.8, 4) is 5.75 Å². The molecule has 1 heterocycles. The Morgan fingerprint density at radius 1 is 1.06 bits per heavy atom. The van der Waals surface area contributed by atoms with Crippen LogP contribution in [0.3, 0.4) is 0 Å². The molecule has 0 unspecified atom stereocenters. The molecule has 164 valence electrons. The normalized spacial score (nSPS) is 11.4. The van der Waals surface area contributed by atoms with Crippen LogP contribution in [0.15, 0.2) is 59.9 Å². The first-order chi connectivity index (χ1) is 15.2. The zero-order valence-electron chi connectivity index (χ0n) is 18.6. The number of aryl methyl sites for hydroxylation is 2. The number of methoxy groups -OCH3 is 1. The van der Waals surface area contributed by atoms with E-state index in [1.807, 2.05) is 12.1 Å². The second kappa shape index (κ2) is 11.7. The molecule has 0 fully saturated rings. The number of aliphatic imine (C=N–C) groups is 1. The SMILES string of the molecule is CCc1nncn1CCNC(=NCc1ccccc1C)NCCc1ccc(OC)cc1. The molecular weight excluding hydrogens is 388 g/mol. The third-order valence-corrected chi connectivity index (χ3v) is 5.19. The van der Waals surface area contributed by atoms with E-state index in [9.17, 15) is 0 Å². The fourth-order valence-electron chi connectivity index (χ4n) is 3.28. The number of nitrogens with one attached hydrogen (secondary N) is 2. The standard InChI is InChI=1S/C24H32N6O/c1-4-23-29-28-18-30(23)16-15-26-24(27-17-21-8-6-5-7-19(21)2)25-14-13-20-9-11-22(31-3)12-10-20/h5-12,18H,4,13-17H2,1-3H3,(H2,25,26,27). The van der Waals surface area contributed by atoms with Crippen molar-refractivity contribution in [3.05, 3.63) is 77.4 Å². The van der Waals surface area contributed by atoms with Gasteiger partial charge >= 0.3 is 0 Å². The van der Waals surface area contributed by atoms with Crippen LogP contribution in [-0.4, -0.2) is 40.9 Å². The number of aromatic nitrogens is 3. The number of hydrogen-bond donors (Lipinski definition) is 2. The summed E-state index contributed by atoms with van der Waals surface area (Å²) in [6, 6.07) is 16.5. The molecule has 0 saturated carbocycles. The van der Waals surface area contributed by atoms with Crippen molar-refractivity contribution in [1.29, 1.82) is 0 Å². The van der Waals surface area contributed by atoms with E-state index in [-0.39, 0.29) is 0 Å². The van der Waals surface area contributed by atoms with Gasteiger partial charge in [0, 0.05) is 26.1 Å². The number of guanidine groups is 1. The van der Waals surface area contributed by atoms with Gasteiger partial charge in [-0.1, -0.05) is 43.3 Å². The number of hydrogen-bond acceptors (Lipinski definition) is 4. The number of rotatable bonds is 10. The fourth-order valence-corrected chi connectivity index (χ4v) is 3.28. The molecule has 2 aromatic carbocycles. The Balaban J connectivity index is 1.58. The van der Waals surface area contributed by atoms with Crippen molar-refractivity contribution in [2.75, 3.05) is 20.2 Å². The van der Waals surface area contributed by atoms with Gasteiger partial charge in [0.15, 0.2) is 5.96 Å². The van der Waals surface area contributed by atoms with Gasteiger partial charge in [0.2, 0.25) is 0 Å². The van der Waals surface area contributed by atoms with E-state index < -0.39 is 0 Å². The Morgan fingerprint density at radius 3 is 2.58 bits per heavy atom. The highest BCUT2D eigenvalue weighted by molar-refractivity contribution is 5.79. The van der Waals surface area contributed by atoms with E-state index in [1.165, 1.54) is 16.7 Å². The molecule has 1 aromatic heterocycles. The summed E-state index contributed by atoms with van der Waals surface area (Å²) in [6.07, 6.45) is 3.55. The van der Waals surface area contributed by atoms with E-state index in [1.54, 1.807) is 13.4 Å². The third-order valence-electron chi connectivity index (χ3n) is 5.19. The minimum Gasteiger partial charge on any atom is -0.497 e. The Labute approximate surface area is 184 Å². The zero-order chi connectivity index (χ0) is 21.9. The van der Waals surface area contributed by atoms with Crippen molar-refractivity contribution in [1.82, 2.24) is 25.4 Å². The first-order valence-electron chi connectivity index (χ1n) is 10.8. The van der Waals surface area contributed by atoms with Gasteiger partial charge in [-0.15, -0.1) is 10.2 Å². The summed E-state index contributed by atoms with van der Waals surface area (Å²) in [5.41, 5.74) is 3.73. The molecule has 7 heteroatoms. The maximum absolute atomic E-state index is 5.23. The summed E-state index contributed by atoms with van der Waals surface area (Å²) >= 11 is 0. The first-order valence-corrected chi connectivity index (χ1v) is 10.8. The van der Waals surface area contributed by atoms with Crippen LogP contribution in [0.2, 0.25) is 0 Å². The minimum absolute atomic E-state index is 0.636. The molecular formula is C24H32N6O. The van der Waals surface area contributed by atoms with Gasteiger partial charge < -0.3 is 19.9 Å². The molecule has 0 amide bonds. The molecule has 0 atom stereocenters. The van der Waals surface area contributed by atoms with Crippen LogP contribution in [0.4, 0.5) is 0 Å². The molecule has 31 heavy (non-hydrogen) atoms. The summed E-state index contributed by atoms with van der Waals surface area (Å²) in [4.78, 5) is 4.81. The van der Waals surface area contributed by atoms with Crippen molar-refractivity contribution in [2.45, 2.75) is 39.8 Å². The monoisotopic (exact) mass is 420 g/mol. The quantitative estimate of drug-likeness (QED) is 0.389. The molecule has 3 aromatic rings. The van der Waals surface area contributed by atoms with Gasteiger partial charge in [-0.2, -0.15) is 0 Å². The summed E-state index contributed by atoms with van der Waals surface area (Å²) in [7, 11) is 1.68. The molecule has 0 saturated heterocycles. The molecule has 0 aliphatic rings. The third kappa shape index (κ3) is 6.84. The van der Waals surface area contributed by atoms with Gasteiger partial charge in [0.1, 0.15) is 17.9 Å². The van der Waals surface area contributed by atoms with Crippen LogP contribution in [0.25, 0.3) is 0 Å². The number of benzene rings is 2. The fraction of sp³-hybridized carbons (Fsp3) is 0.375. The average molecular weight is 421 g/mol. The lowest BCUT2D eigenvalue weighted by Crippen LogP contribution is -2.40. The van der Waals surface area contributed by atoms with Crippen LogP contribution >= 0.6 is 0 Å². The van der Waals surface area contributed by atoms with Crippen LogP contribution in [-0.2, 0) is 25.9 Å². The van der Waals surface area contributed by atoms with Gasteiger partial charge in [0.25, 0.3) is 0 Å². The van der Waals surface area contributed by atoms with Crippen molar-refractivity contribution in [2.24, 2.45) is 4.99 Å². The predicted molar refractivity (Wildman–Crippen MR) is 124 cm³/mol. The van der Waals surface area contributed by atoms with Gasteiger partial charge in [-0.25, -0.2) is 4.99 Å². The zero-order valence-corrected chi connectivity index (χ0v) is 18.6. The Hall–Kier alpha value is -3.35. The van der Waals surface area contributed by atoms with Gasteiger partial charge in [-0.05, 0) is 42.2 Å². The highest BCUT2D eigenvalue weighted by Crippen LogP contribution is 2.11.